The molecule has 0 spiro atoms. The minimum atomic E-state index is -1.36. The van der Waals surface area contributed by atoms with E-state index in [0.717, 1.165) is 0 Å². The van der Waals surface area contributed by atoms with E-state index in [1.807, 2.05) is 0 Å². The Morgan fingerprint density at radius 2 is 2.07 bits per heavy atom. The van der Waals surface area contributed by atoms with Crippen molar-refractivity contribution in [3.63, 3.8) is 0 Å². The van der Waals surface area contributed by atoms with Crippen LogP contribution in [0.4, 0.5) is 9.18 Å². The Morgan fingerprint density at radius 1 is 1.50 bits per heavy atom. The average molecular weight is 205 g/mol. The number of amides is 1. The summed E-state index contributed by atoms with van der Waals surface area (Å²) in [6.07, 6.45) is -3.01. The summed E-state index contributed by atoms with van der Waals surface area (Å²) < 4.78 is 17.9. The van der Waals surface area contributed by atoms with Crippen LogP contribution in [-0.2, 0) is 4.74 Å². The summed E-state index contributed by atoms with van der Waals surface area (Å²) in [4.78, 5) is 12.6. The molecular formula is C9H16FNO3. The molecule has 4 nitrogen and oxygen atoms in total. The lowest BCUT2D eigenvalue weighted by molar-refractivity contribution is 0.0269. The third-order valence-electron chi connectivity index (χ3n) is 1.87. The molecule has 1 saturated heterocycles. The van der Waals surface area contributed by atoms with Gasteiger partial charge in [-0.25, -0.2) is 9.18 Å². The fourth-order valence-corrected chi connectivity index (χ4v) is 1.22. The van der Waals surface area contributed by atoms with Crippen molar-refractivity contribution in [2.24, 2.45) is 0 Å². The SMILES string of the molecule is CC(C)(C)OC(=O)N1C[C@@H](F)[C@@H](O)C1. The molecule has 0 radical (unpaired) electrons. The van der Waals surface area contributed by atoms with Crippen molar-refractivity contribution in [2.45, 2.75) is 38.6 Å². The molecule has 0 unspecified atom stereocenters. The number of nitrogens with zero attached hydrogens (tertiary/aromatic N) is 1. The predicted octanol–water partition coefficient (Wildman–Crippen LogP) is 0.936. The van der Waals surface area contributed by atoms with Crippen LogP contribution in [0.15, 0.2) is 0 Å². The third kappa shape index (κ3) is 2.83. The van der Waals surface area contributed by atoms with Gasteiger partial charge >= 0.3 is 6.09 Å². The lowest BCUT2D eigenvalue weighted by Gasteiger charge is -2.23. The van der Waals surface area contributed by atoms with E-state index >= 15 is 0 Å². The van der Waals surface area contributed by atoms with Crippen molar-refractivity contribution < 1.29 is 19.0 Å². The highest BCUT2D eigenvalue weighted by Crippen LogP contribution is 2.17. The number of alkyl halides is 1. The maximum absolute atomic E-state index is 12.9. The van der Waals surface area contributed by atoms with Gasteiger partial charge in [0.25, 0.3) is 0 Å². The molecule has 1 rings (SSSR count). The Morgan fingerprint density at radius 3 is 2.43 bits per heavy atom. The Bertz CT molecular complexity index is 217. The molecule has 1 aliphatic rings. The van der Waals surface area contributed by atoms with Crippen LogP contribution in [0.1, 0.15) is 20.8 Å². The maximum atomic E-state index is 12.9. The van der Waals surface area contributed by atoms with E-state index in [1.165, 1.54) is 4.90 Å². The van der Waals surface area contributed by atoms with Crippen LogP contribution < -0.4 is 0 Å². The number of aliphatic hydroxyl groups is 1. The second-order valence-corrected chi connectivity index (χ2v) is 4.47. The summed E-state index contributed by atoms with van der Waals surface area (Å²) in [5, 5.41) is 9.09. The molecule has 0 aliphatic carbocycles. The Balaban J connectivity index is 2.48. The van der Waals surface area contributed by atoms with Crippen LogP contribution in [0.5, 0.6) is 0 Å². The van der Waals surface area contributed by atoms with Gasteiger partial charge in [-0.3, -0.25) is 0 Å². The number of β-amino-alcohol motifs (C(OH)–C–C–N with tert-alkyl or cyclic N) is 1. The van der Waals surface area contributed by atoms with Crippen molar-refractivity contribution in [2.75, 3.05) is 13.1 Å². The summed E-state index contributed by atoms with van der Waals surface area (Å²) in [7, 11) is 0. The molecule has 0 aromatic rings. The highest BCUT2D eigenvalue weighted by atomic mass is 19.1. The van der Waals surface area contributed by atoms with E-state index in [9.17, 15) is 9.18 Å². The molecule has 1 heterocycles. The zero-order chi connectivity index (χ0) is 10.9. The number of ether oxygens (including phenoxy) is 1. The number of carbonyl (C=O) groups is 1. The quantitative estimate of drug-likeness (QED) is 0.640. The summed E-state index contributed by atoms with van der Waals surface area (Å²) in [5.41, 5.74) is -0.587. The average Bonchev–Trinajstić information content (AvgIpc) is 2.28. The molecule has 82 valence electrons. The van der Waals surface area contributed by atoms with E-state index in [0.29, 0.717) is 0 Å². The van der Waals surface area contributed by atoms with Gasteiger partial charge in [-0.1, -0.05) is 0 Å². The fraction of sp³-hybridized carbons (Fsp3) is 0.889. The van der Waals surface area contributed by atoms with Crippen LogP contribution >= 0.6 is 0 Å². The van der Waals surface area contributed by atoms with E-state index in [4.69, 9.17) is 9.84 Å². The second-order valence-electron chi connectivity index (χ2n) is 4.47. The molecule has 2 atom stereocenters. The molecule has 14 heavy (non-hydrogen) atoms. The minimum absolute atomic E-state index is 0.0100. The first-order valence-electron chi connectivity index (χ1n) is 4.59. The van der Waals surface area contributed by atoms with Gasteiger partial charge in [-0.15, -0.1) is 0 Å². The van der Waals surface area contributed by atoms with Gasteiger partial charge in [0.15, 0.2) is 0 Å². The normalized spacial score (nSPS) is 27.9. The van der Waals surface area contributed by atoms with Gasteiger partial charge in [-0.05, 0) is 20.8 Å². The van der Waals surface area contributed by atoms with Crippen LogP contribution in [-0.4, -0.2) is 47.1 Å². The second kappa shape index (κ2) is 3.73. The highest BCUT2D eigenvalue weighted by molar-refractivity contribution is 5.68. The molecule has 1 N–H and O–H groups in total. The molecule has 0 bridgehead atoms. The monoisotopic (exact) mass is 205 g/mol. The molecular weight excluding hydrogens is 189 g/mol. The lowest BCUT2D eigenvalue weighted by atomic mass is 10.2. The van der Waals surface area contributed by atoms with Crippen molar-refractivity contribution in [3.05, 3.63) is 0 Å². The topological polar surface area (TPSA) is 49.8 Å². The van der Waals surface area contributed by atoms with Gasteiger partial charge in [0.2, 0.25) is 0 Å². The van der Waals surface area contributed by atoms with Gasteiger partial charge < -0.3 is 14.7 Å². The number of likely N-dealkylation sites (tertiary alicyclic amines) is 1. The number of rotatable bonds is 0. The minimum Gasteiger partial charge on any atom is -0.444 e. The Labute approximate surface area is 82.6 Å². The lowest BCUT2D eigenvalue weighted by Crippen LogP contribution is -2.35. The smallest absolute Gasteiger partial charge is 0.410 e. The molecule has 1 aliphatic heterocycles. The van der Waals surface area contributed by atoms with Crippen molar-refractivity contribution in [1.29, 1.82) is 0 Å². The molecule has 0 aromatic heterocycles. The van der Waals surface area contributed by atoms with Crippen LogP contribution in [0.25, 0.3) is 0 Å². The predicted molar refractivity (Wildman–Crippen MR) is 48.7 cm³/mol. The number of aliphatic hydroxyl groups excluding tert-OH is 1. The van der Waals surface area contributed by atoms with E-state index in [1.54, 1.807) is 20.8 Å². The van der Waals surface area contributed by atoms with Crippen LogP contribution in [0.2, 0.25) is 0 Å². The number of carbonyl (C=O) groups excluding carboxylic acids is 1. The number of halogens is 1. The summed E-state index contributed by atoms with van der Waals surface area (Å²) in [5.74, 6) is 0. The molecule has 1 amide bonds. The zero-order valence-electron chi connectivity index (χ0n) is 8.66. The number of hydrogen-bond acceptors (Lipinski definition) is 3. The maximum Gasteiger partial charge on any atom is 0.410 e. The Kier molecular flexibility index (Phi) is 2.99. The largest absolute Gasteiger partial charge is 0.444 e. The van der Waals surface area contributed by atoms with Crippen molar-refractivity contribution >= 4 is 6.09 Å². The van der Waals surface area contributed by atoms with Gasteiger partial charge in [0.1, 0.15) is 17.9 Å². The van der Waals surface area contributed by atoms with Gasteiger partial charge in [0, 0.05) is 0 Å². The van der Waals surface area contributed by atoms with E-state index in [-0.39, 0.29) is 13.1 Å². The fourth-order valence-electron chi connectivity index (χ4n) is 1.22. The van der Waals surface area contributed by atoms with Crippen LogP contribution in [0, 0.1) is 0 Å². The van der Waals surface area contributed by atoms with Crippen molar-refractivity contribution in [3.8, 4) is 0 Å². The summed E-state index contributed by atoms with van der Waals surface area (Å²) in [6, 6.07) is 0. The highest BCUT2D eigenvalue weighted by Gasteiger charge is 2.35. The number of hydrogen-bond donors (Lipinski definition) is 1. The van der Waals surface area contributed by atoms with E-state index in [2.05, 4.69) is 0 Å². The van der Waals surface area contributed by atoms with Gasteiger partial charge in [0.05, 0.1) is 13.1 Å². The molecule has 0 aromatic carbocycles. The molecule has 0 saturated carbocycles. The first-order chi connectivity index (χ1) is 6.29. The molecule has 1 fully saturated rings. The summed E-state index contributed by atoms with van der Waals surface area (Å²) >= 11 is 0. The Hall–Kier alpha value is -0.840. The van der Waals surface area contributed by atoms with Crippen molar-refractivity contribution in [1.82, 2.24) is 4.90 Å². The summed E-state index contributed by atoms with van der Waals surface area (Å²) in [6.45, 7) is 5.14. The molecule has 5 heteroatoms. The first-order valence-corrected chi connectivity index (χ1v) is 4.59. The first kappa shape index (κ1) is 11.2. The van der Waals surface area contributed by atoms with E-state index < -0.39 is 24.0 Å². The third-order valence-corrected chi connectivity index (χ3v) is 1.87. The van der Waals surface area contributed by atoms with Gasteiger partial charge in [-0.2, -0.15) is 0 Å². The van der Waals surface area contributed by atoms with Crippen LogP contribution in [0.3, 0.4) is 0 Å². The standard InChI is InChI=1S/C9H16FNO3/c1-9(2,3)14-8(13)11-4-6(10)7(12)5-11/h6-7,12H,4-5H2,1-3H3/t6-,7+/m1/s1. The zero-order valence-corrected chi connectivity index (χ0v) is 8.66.